The molecule has 3 N–H and O–H groups in total. The van der Waals surface area contributed by atoms with Crippen LogP contribution in [0.25, 0.3) is 0 Å². The summed E-state index contributed by atoms with van der Waals surface area (Å²) in [5.74, 6) is -0.0357. The number of hydrogen-bond donors (Lipinski definition) is 3. The molecule has 0 saturated carbocycles. The minimum atomic E-state index is -0.840. The van der Waals surface area contributed by atoms with Gasteiger partial charge in [-0.15, -0.1) is 0 Å². The Morgan fingerprint density at radius 3 is 0.780 bits per heavy atom. The van der Waals surface area contributed by atoms with Gasteiger partial charge in [0.15, 0.2) is 0 Å². The summed E-state index contributed by atoms with van der Waals surface area (Å²) in [4.78, 5) is 24.6. The third kappa shape index (κ3) is 77.2. The molecule has 540 valence electrons. The van der Waals surface area contributed by atoms with E-state index in [1.807, 2.05) is 6.08 Å². The van der Waals surface area contributed by atoms with E-state index in [4.69, 9.17) is 4.74 Å². The van der Waals surface area contributed by atoms with Crippen molar-refractivity contribution in [3.63, 3.8) is 0 Å². The molecule has 0 fully saturated rings. The second kappa shape index (κ2) is 80.8. The number of esters is 1. The van der Waals surface area contributed by atoms with E-state index in [0.717, 1.165) is 38.5 Å². The number of ether oxygens (including phenoxy) is 1. The molecular formula is C85H165NO5. The first-order chi connectivity index (χ1) is 45.0. The van der Waals surface area contributed by atoms with Crippen molar-refractivity contribution in [3.05, 3.63) is 24.3 Å². The third-order valence-electron chi connectivity index (χ3n) is 20.0. The Hall–Kier alpha value is -1.66. The number of rotatable bonds is 80. The van der Waals surface area contributed by atoms with Crippen LogP contribution in [0.2, 0.25) is 0 Å². The van der Waals surface area contributed by atoms with Gasteiger partial charge in [0, 0.05) is 12.8 Å². The molecule has 0 saturated heterocycles. The van der Waals surface area contributed by atoms with Crippen molar-refractivity contribution in [3.8, 4) is 0 Å². The Labute approximate surface area is 571 Å². The Balaban J connectivity index is 3.29. The normalized spacial score (nSPS) is 12.5. The molecule has 91 heavy (non-hydrogen) atoms. The quantitative estimate of drug-likeness (QED) is 0.0320. The molecule has 0 heterocycles. The third-order valence-corrected chi connectivity index (χ3v) is 20.0. The van der Waals surface area contributed by atoms with Gasteiger partial charge in [0.2, 0.25) is 5.91 Å². The van der Waals surface area contributed by atoms with Gasteiger partial charge in [-0.05, 0) is 57.8 Å². The van der Waals surface area contributed by atoms with Gasteiger partial charge >= 0.3 is 5.97 Å². The van der Waals surface area contributed by atoms with Crippen LogP contribution in [0, 0.1) is 0 Å². The zero-order valence-electron chi connectivity index (χ0n) is 62.1. The average Bonchev–Trinajstić information content (AvgIpc) is 3.73. The molecule has 2 unspecified atom stereocenters. The van der Waals surface area contributed by atoms with Crippen molar-refractivity contribution >= 4 is 11.9 Å². The van der Waals surface area contributed by atoms with Crippen molar-refractivity contribution in [1.82, 2.24) is 5.32 Å². The van der Waals surface area contributed by atoms with Crippen LogP contribution in [0.4, 0.5) is 0 Å². The summed E-state index contributed by atoms with van der Waals surface area (Å²) in [6.45, 7) is 4.95. The van der Waals surface area contributed by atoms with Crippen LogP contribution in [0.5, 0.6) is 0 Å². The number of unbranched alkanes of at least 4 members (excludes halogenated alkanes) is 67. The van der Waals surface area contributed by atoms with Crippen molar-refractivity contribution in [1.29, 1.82) is 0 Å². The van der Waals surface area contributed by atoms with Gasteiger partial charge in [-0.2, -0.15) is 0 Å². The van der Waals surface area contributed by atoms with E-state index in [-0.39, 0.29) is 18.5 Å². The lowest BCUT2D eigenvalue weighted by Gasteiger charge is -2.20. The molecule has 0 aromatic rings. The summed E-state index contributed by atoms with van der Waals surface area (Å²) in [5.41, 5.74) is 0. The molecule has 0 aromatic carbocycles. The lowest BCUT2D eigenvalue weighted by Crippen LogP contribution is -2.45. The van der Waals surface area contributed by atoms with Crippen molar-refractivity contribution in [2.24, 2.45) is 0 Å². The number of nitrogens with one attached hydrogen (secondary N) is 1. The maximum atomic E-state index is 12.5. The summed E-state index contributed by atoms with van der Waals surface area (Å²) >= 11 is 0. The Morgan fingerprint density at radius 1 is 0.297 bits per heavy atom. The maximum Gasteiger partial charge on any atom is 0.305 e. The monoisotopic (exact) mass is 1280 g/mol. The molecule has 0 radical (unpaired) electrons. The number of amides is 1. The highest BCUT2D eigenvalue weighted by molar-refractivity contribution is 5.76. The van der Waals surface area contributed by atoms with Crippen LogP contribution in [0.15, 0.2) is 24.3 Å². The fourth-order valence-electron chi connectivity index (χ4n) is 13.6. The zero-order chi connectivity index (χ0) is 65.6. The highest BCUT2D eigenvalue weighted by Crippen LogP contribution is 2.21. The SMILES string of the molecule is CCCCCCCCC/C=C\CCCCCCCCCC(=O)OCCCCCCCCCCCCCCCCCCCCCCCCCCCCCCCCCCCCCCCCCC(=O)NC(CO)C(O)/C=C/CCCCCCCCCCCCCCCCC. The summed E-state index contributed by atoms with van der Waals surface area (Å²) in [6, 6.07) is -0.623. The Kier molecular flexibility index (Phi) is 79.3. The second-order valence-electron chi connectivity index (χ2n) is 29.2. The fourth-order valence-corrected chi connectivity index (χ4v) is 13.6. The van der Waals surface area contributed by atoms with Crippen LogP contribution in [-0.2, 0) is 14.3 Å². The highest BCUT2D eigenvalue weighted by atomic mass is 16.5. The number of carbonyl (C=O) groups excluding carboxylic acids is 2. The van der Waals surface area contributed by atoms with Gasteiger partial charge in [0.25, 0.3) is 0 Å². The highest BCUT2D eigenvalue weighted by Gasteiger charge is 2.18. The van der Waals surface area contributed by atoms with Crippen LogP contribution < -0.4 is 5.32 Å². The second-order valence-corrected chi connectivity index (χ2v) is 29.2. The first-order valence-corrected chi connectivity index (χ1v) is 42.1. The predicted octanol–water partition coefficient (Wildman–Crippen LogP) is 28.0. The summed E-state index contributed by atoms with van der Waals surface area (Å²) in [7, 11) is 0. The molecule has 6 heteroatoms. The first kappa shape index (κ1) is 89.3. The van der Waals surface area contributed by atoms with Gasteiger partial charge in [0.05, 0.1) is 25.4 Å². The van der Waals surface area contributed by atoms with E-state index in [9.17, 15) is 19.8 Å². The Bertz CT molecular complexity index is 1430. The molecular weight excluding hydrogens is 1110 g/mol. The summed E-state index contributed by atoms with van der Waals surface area (Å²) in [5, 5.41) is 23.2. The average molecular weight is 1280 g/mol. The van der Waals surface area contributed by atoms with Crippen LogP contribution in [0.3, 0.4) is 0 Å². The summed E-state index contributed by atoms with van der Waals surface area (Å²) < 4.78 is 5.52. The molecule has 2 atom stereocenters. The minimum absolute atomic E-state index is 0.0220. The lowest BCUT2D eigenvalue weighted by atomic mass is 10.0. The number of allylic oxidation sites excluding steroid dienone is 3. The topological polar surface area (TPSA) is 95.9 Å². The smallest absolute Gasteiger partial charge is 0.305 e. The van der Waals surface area contributed by atoms with Gasteiger partial charge in [0.1, 0.15) is 0 Å². The van der Waals surface area contributed by atoms with Crippen molar-refractivity contribution in [2.45, 2.75) is 495 Å². The van der Waals surface area contributed by atoms with Crippen molar-refractivity contribution in [2.75, 3.05) is 13.2 Å². The summed E-state index contributed by atoms with van der Waals surface area (Å²) in [6.07, 6.45) is 105. The predicted molar refractivity (Wildman–Crippen MR) is 403 cm³/mol. The molecule has 0 aliphatic rings. The number of aliphatic hydroxyl groups is 2. The van der Waals surface area contributed by atoms with E-state index in [0.29, 0.717) is 19.4 Å². The van der Waals surface area contributed by atoms with E-state index in [1.54, 1.807) is 6.08 Å². The molecule has 0 aromatic heterocycles. The molecule has 0 bridgehead atoms. The van der Waals surface area contributed by atoms with Crippen LogP contribution >= 0.6 is 0 Å². The van der Waals surface area contributed by atoms with Gasteiger partial charge in [-0.1, -0.05) is 436 Å². The largest absolute Gasteiger partial charge is 0.466 e. The van der Waals surface area contributed by atoms with Crippen LogP contribution in [-0.4, -0.2) is 47.4 Å². The van der Waals surface area contributed by atoms with E-state index in [2.05, 4.69) is 31.3 Å². The van der Waals surface area contributed by atoms with E-state index in [1.165, 1.54) is 417 Å². The lowest BCUT2D eigenvalue weighted by molar-refractivity contribution is -0.143. The molecule has 0 aliphatic heterocycles. The molecule has 0 aliphatic carbocycles. The van der Waals surface area contributed by atoms with Crippen LogP contribution in [0.1, 0.15) is 483 Å². The molecule has 0 rings (SSSR count). The molecule has 0 spiro atoms. The Morgan fingerprint density at radius 2 is 0.516 bits per heavy atom. The van der Waals surface area contributed by atoms with Gasteiger partial charge in [-0.3, -0.25) is 9.59 Å². The first-order valence-electron chi connectivity index (χ1n) is 42.1. The zero-order valence-corrected chi connectivity index (χ0v) is 62.1. The number of hydrogen-bond acceptors (Lipinski definition) is 5. The molecule has 6 nitrogen and oxygen atoms in total. The minimum Gasteiger partial charge on any atom is -0.466 e. The van der Waals surface area contributed by atoms with E-state index >= 15 is 0 Å². The fraction of sp³-hybridized carbons (Fsp3) is 0.929. The standard InChI is InChI=1S/C85H165NO5/c1-3-5-7-9-11-13-15-17-19-21-47-51-55-59-63-67-71-75-79-85(90)91-80-76-72-68-64-60-56-52-48-44-42-40-38-36-34-32-30-28-26-24-22-23-25-27-29-31-33-35-37-39-41-43-46-50-54-58-62-66-70-74-78-84(89)86-82(81-87)83(88)77-73-69-65-61-57-53-49-45-20-18-16-14-12-10-8-6-4-2/h19,21,73,77,82-83,87-88H,3-18,20,22-72,74-76,78-81H2,1-2H3,(H,86,89)/b21-19-,77-73+. The van der Waals surface area contributed by atoms with Gasteiger partial charge in [-0.25, -0.2) is 0 Å². The molecule has 1 amide bonds. The van der Waals surface area contributed by atoms with E-state index < -0.39 is 12.1 Å². The van der Waals surface area contributed by atoms with Crippen molar-refractivity contribution < 1.29 is 24.5 Å². The van der Waals surface area contributed by atoms with Gasteiger partial charge < -0.3 is 20.3 Å². The maximum absolute atomic E-state index is 12.5. The number of carbonyl (C=O) groups is 2. The number of aliphatic hydroxyl groups excluding tert-OH is 2.